The lowest BCUT2D eigenvalue weighted by Crippen LogP contribution is -1.91. The van der Waals surface area contributed by atoms with Gasteiger partial charge < -0.3 is 4.42 Å². The predicted molar refractivity (Wildman–Crippen MR) is 183 cm³/mol. The number of rotatable bonds is 3. The molecule has 0 spiro atoms. The van der Waals surface area contributed by atoms with E-state index in [0.717, 1.165) is 21.9 Å². The van der Waals surface area contributed by atoms with Gasteiger partial charge in [0, 0.05) is 10.8 Å². The highest BCUT2D eigenvalue weighted by molar-refractivity contribution is 6.22. The number of para-hydroxylation sites is 1. The van der Waals surface area contributed by atoms with Crippen LogP contribution in [-0.2, 0) is 0 Å². The van der Waals surface area contributed by atoms with Crippen molar-refractivity contribution in [1.82, 2.24) is 0 Å². The smallest absolute Gasteiger partial charge is 0.136 e. The van der Waals surface area contributed by atoms with Crippen molar-refractivity contribution in [3.05, 3.63) is 157 Å². The third kappa shape index (κ3) is 3.79. The van der Waals surface area contributed by atoms with Crippen molar-refractivity contribution in [3.8, 4) is 33.4 Å². The number of benzene rings is 8. The molecule has 200 valence electrons. The minimum absolute atomic E-state index is 0.0396. The molecule has 0 aliphatic rings. The first kappa shape index (κ1) is 15.0. The SMILES string of the molecule is [2H]c1c([2H])c([2H])c2c(oc3cc(-c4c5c([2H])c([2H])c([2H])c([2H])c5c(-c5ccc6cc(-c7ccccc7)ccc6c5)c5c([2H])c([2H])c([2H])c([2H])c45)ccc32)c1[2H]. The standard InChI is InChI=1S/C42H26O/c1-2-10-27(11-3-1)28-18-19-30-25-31(21-20-29(30)24-28)41-35-13-4-6-15-37(35)42(38-16-7-5-14-36(38)41)32-22-23-34-33-12-8-9-17-39(33)43-40(34)26-32/h1-26H/i4D,5D,6D,7D,8D,9D,12D,13D,14D,15D,16D,17D. The fourth-order valence-electron chi connectivity index (χ4n) is 6.06. The second-order valence-corrected chi connectivity index (χ2v) is 10.4. The highest BCUT2D eigenvalue weighted by Gasteiger charge is 2.18. The third-order valence-corrected chi connectivity index (χ3v) is 8.02. The van der Waals surface area contributed by atoms with Gasteiger partial charge in [0.15, 0.2) is 0 Å². The molecule has 9 rings (SSSR count). The molecular formula is C42H26O. The van der Waals surface area contributed by atoms with E-state index in [-0.39, 0.29) is 73.4 Å². The Bertz CT molecular complexity index is 3090. The van der Waals surface area contributed by atoms with Gasteiger partial charge in [0.2, 0.25) is 0 Å². The van der Waals surface area contributed by atoms with Gasteiger partial charge >= 0.3 is 0 Å². The van der Waals surface area contributed by atoms with Crippen LogP contribution in [0.2, 0.25) is 0 Å². The Balaban J connectivity index is 1.43. The largest absolute Gasteiger partial charge is 0.456 e. The molecule has 0 unspecified atom stereocenters. The van der Waals surface area contributed by atoms with Crippen molar-refractivity contribution in [2.24, 2.45) is 0 Å². The van der Waals surface area contributed by atoms with Gasteiger partial charge in [0.05, 0.1) is 16.4 Å². The Morgan fingerprint density at radius 3 is 1.53 bits per heavy atom. The number of hydrogen-bond acceptors (Lipinski definition) is 1. The van der Waals surface area contributed by atoms with Crippen LogP contribution in [0.1, 0.15) is 16.4 Å². The molecule has 8 aromatic carbocycles. The molecule has 0 saturated heterocycles. The van der Waals surface area contributed by atoms with Crippen LogP contribution in [0.15, 0.2) is 162 Å². The van der Waals surface area contributed by atoms with Crippen LogP contribution >= 0.6 is 0 Å². The molecule has 0 N–H and O–H groups in total. The van der Waals surface area contributed by atoms with E-state index in [4.69, 9.17) is 15.4 Å². The average Bonchev–Trinajstić information content (AvgIpc) is 3.60. The lowest BCUT2D eigenvalue weighted by atomic mass is 9.85. The van der Waals surface area contributed by atoms with Crippen LogP contribution in [0.25, 0.3) is 87.6 Å². The number of fused-ring (bicyclic) bond motifs is 6. The van der Waals surface area contributed by atoms with Crippen LogP contribution in [-0.4, -0.2) is 0 Å². The first-order valence-electron chi connectivity index (χ1n) is 19.8. The van der Waals surface area contributed by atoms with Gasteiger partial charge in [0.1, 0.15) is 11.2 Å². The van der Waals surface area contributed by atoms with E-state index in [1.165, 1.54) is 6.07 Å². The molecule has 1 aromatic heterocycles. The van der Waals surface area contributed by atoms with Gasteiger partial charge in [-0.3, -0.25) is 0 Å². The molecule has 0 fully saturated rings. The van der Waals surface area contributed by atoms with E-state index < -0.39 is 48.3 Å². The van der Waals surface area contributed by atoms with Crippen molar-refractivity contribution in [1.29, 1.82) is 0 Å². The summed E-state index contributed by atoms with van der Waals surface area (Å²) >= 11 is 0. The van der Waals surface area contributed by atoms with Gasteiger partial charge in [-0.25, -0.2) is 0 Å². The lowest BCUT2D eigenvalue weighted by molar-refractivity contribution is 0.669. The maximum Gasteiger partial charge on any atom is 0.136 e. The molecule has 1 heterocycles. The van der Waals surface area contributed by atoms with Crippen LogP contribution in [0.3, 0.4) is 0 Å². The van der Waals surface area contributed by atoms with Crippen LogP contribution in [0, 0.1) is 0 Å². The van der Waals surface area contributed by atoms with E-state index in [0.29, 0.717) is 16.5 Å². The molecule has 0 amide bonds. The average molecular weight is 559 g/mol. The second kappa shape index (κ2) is 9.44. The van der Waals surface area contributed by atoms with Crippen molar-refractivity contribution >= 4 is 54.3 Å². The van der Waals surface area contributed by atoms with Crippen LogP contribution in [0.5, 0.6) is 0 Å². The highest BCUT2D eigenvalue weighted by atomic mass is 16.3. The zero-order valence-electron chi connectivity index (χ0n) is 34.5. The summed E-state index contributed by atoms with van der Waals surface area (Å²) in [6, 6.07) is 21.0. The molecule has 0 aliphatic carbocycles. The van der Waals surface area contributed by atoms with Crippen LogP contribution in [0.4, 0.5) is 0 Å². The summed E-state index contributed by atoms with van der Waals surface area (Å²) in [7, 11) is 0. The summed E-state index contributed by atoms with van der Waals surface area (Å²) in [5.41, 5.74) is 3.30. The fraction of sp³-hybridized carbons (Fsp3) is 0. The summed E-state index contributed by atoms with van der Waals surface area (Å²) in [5.74, 6) is 0. The summed E-state index contributed by atoms with van der Waals surface area (Å²) in [4.78, 5) is 0. The van der Waals surface area contributed by atoms with E-state index in [2.05, 4.69) is 0 Å². The highest BCUT2D eigenvalue weighted by Crippen LogP contribution is 2.45. The lowest BCUT2D eigenvalue weighted by Gasteiger charge is -2.18. The number of hydrogen-bond donors (Lipinski definition) is 0. The minimum atomic E-state index is -0.523. The molecule has 1 heteroatoms. The van der Waals surface area contributed by atoms with Crippen molar-refractivity contribution in [2.45, 2.75) is 0 Å². The Hall–Kier alpha value is -5.66. The third-order valence-electron chi connectivity index (χ3n) is 8.02. The molecule has 0 radical (unpaired) electrons. The Morgan fingerprint density at radius 2 is 0.884 bits per heavy atom. The van der Waals surface area contributed by atoms with Gasteiger partial charge in [-0.1, -0.05) is 127 Å². The Morgan fingerprint density at radius 1 is 0.372 bits per heavy atom. The Kier molecular flexibility index (Phi) is 3.29. The van der Waals surface area contributed by atoms with Crippen molar-refractivity contribution < 1.29 is 20.9 Å². The maximum atomic E-state index is 9.27. The fourth-order valence-corrected chi connectivity index (χ4v) is 6.06. The first-order valence-corrected chi connectivity index (χ1v) is 13.8. The Labute approximate surface area is 266 Å². The summed E-state index contributed by atoms with van der Waals surface area (Å²) in [5, 5.41) is 2.50. The summed E-state index contributed by atoms with van der Waals surface area (Å²) < 4.78 is 111. The molecule has 43 heavy (non-hydrogen) atoms. The maximum absolute atomic E-state index is 9.27. The van der Waals surface area contributed by atoms with Gasteiger partial charge in [0.25, 0.3) is 0 Å². The van der Waals surface area contributed by atoms with E-state index >= 15 is 0 Å². The minimum Gasteiger partial charge on any atom is -0.456 e. The first-order chi connectivity index (χ1) is 26.3. The normalized spacial score (nSPS) is 15.6. The van der Waals surface area contributed by atoms with Crippen LogP contribution < -0.4 is 0 Å². The monoisotopic (exact) mass is 558 g/mol. The van der Waals surface area contributed by atoms with Crippen molar-refractivity contribution in [2.75, 3.05) is 0 Å². The molecule has 0 saturated carbocycles. The molecule has 0 aliphatic heterocycles. The van der Waals surface area contributed by atoms with Gasteiger partial charge in [-0.05, 0) is 96.0 Å². The zero-order valence-corrected chi connectivity index (χ0v) is 22.5. The molecule has 9 aromatic rings. The molecule has 0 atom stereocenters. The van der Waals surface area contributed by atoms with E-state index in [9.17, 15) is 5.48 Å². The quantitative estimate of drug-likeness (QED) is 0.197. The topological polar surface area (TPSA) is 13.1 Å². The second-order valence-electron chi connectivity index (χ2n) is 10.4. The van der Waals surface area contributed by atoms with Gasteiger partial charge in [-0.15, -0.1) is 0 Å². The van der Waals surface area contributed by atoms with Gasteiger partial charge in [-0.2, -0.15) is 0 Å². The van der Waals surface area contributed by atoms with E-state index in [1.54, 1.807) is 18.2 Å². The number of furan rings is 1. The van der Waals surface area contributed by atoms with E-state index in [1.807, 2.05) is 60.7 Å². The molecule has 0 bridgehead atoms. The zero-order chi connectivity index (χ0) is 38.8. The summed E-state index contributed by atoms with van der Waals surface area (Å²) in [6.07, 6.45) is 0. The molecular weight excluding hydrogens is 520 g/mol. The summed E-state index contributed by atoms with van der Waals surface area (Å²) in [6.45, 7) is 0. The van der Waals surface area contributed by atoms with Crippen molar-refractivity contribution in [3.63, 3.8) is 0 Å². The predicted octanol–water partition coefficient (Wildman–Crippen LogP) is 12.0. The molecule has 1 nitrogen and oxygen atoms in total.